The minimum absolute atomic E-state index is 0.0571. The van der Waals surface area contributed by atoms with Crippen LogP contribution in [0.2, 0.25) is 0 Å². The van der Waals surface area contributed by atoms with Gasteiger partial charge in [-0.2, -0.15) is 0 Å². The lowest BCUT2D eigenvalue weighted by atomic mass is 9.91. The number of rotatable bonds is 12. The molecule has 0 aliphatic rings. The average molecular weight is 469 g/mol. The second-order valence-electron chi connectivity index (χ2n) is 9.64. The Morgan fingerprint density at radius 3 is 1.32 bits per heavy atom. The van der Waals surface area contributed by atoms with Crippen LogP contribution in [-0.4, -0.2) is 47.2 Å². The molecule has 34 heavy (non-hydrogen) atoms. The van der Waals surface area contributed by atoms with Crippen LogP contribution in [0.4, 0.5) is 0 Å². The molecule has 7 N–H and O–H groups in total. The lowest BCUT2D eigenvalue weighted by Crippen LogP contribution is -2.60. The Kier molecular flexibility index (Phi) is 10.7. The summed E-state index contributed by atoms with van der Waals surface area (Å²) in [7, 11) is 0. The molecule has 0 radical (unpaired) electrons. The number of carbonyl (C=O) groups excluding carboxylic acids is 2. The number of nitrogens with one attached hydrogen (secondary N) is 2. The molecule has 0 aromatic heterocycles. The van der Waals surface area contributed by atoms with E-state index in [9.17, 15) is 14.7 Å². The quantitative estimate of drug-likeness (QED) is 0.324. The standard InChI is InChI=1S/C27H40N4O3/c1-17(2)23(28)26(33)30-21(15-19-11-7-5-8-12-19)25(32)22(16-20-13-9-6-10-14-20)31-27(34)24(29)18(3)4/h5-14,17-18,21-25,32H,15-16,28-29H2,1-4H3,(H,30,33)(H,31,34)/t21-,22-,23?,24?,25?/m0/s1. The SMILES string of the molecule is CC(C)C(N)C(=O)N[C@@H](Cc1ccccc1)C(O)[C@H](Cc1ccccc1)NC(=O)C(N)C(C)C. The molecule has 0 saturated carbocycles. The molecule has 2 aromatic rings. The van der Waals surface area contributed by atoms with E-state index in [0.717, 1.165) is 11.1 Å². The van der Waals surface area contributed by atoms with Crippen molar-refractivity contribution in [1.82, 2.24) is 10.6 Å². The number of carbonyl (C=O) groups is 2. The van der Waals surface area contributed by atoms with E-state index in [1.165, 1.54) is 0 Å². The fraction of sp³-hybridized carbons (Fsp3) is 0.481. The van der Waals surface area contributed by atoms with Crippen LogP contribution in [0.3, 0.4) is 0 Å². The Balaban J connectivity index is 2.34. The summed E-state index contributed by atoms with van der Waals surface area (Å²) in [6, 6.07) is 16.5. The lowest BCUT2D eigenvalue weighted by molar-refractivity contribution is -0.125. The van der Waals surface area contributed by atoms with Crippen LogP contribution in [0.25, 0.3) is 0 Å². The van der Waals surface area contributed by atoms with E-state index in [1.54, 1.807) is 0 Å². The number of hydrogen-bond acceptors (Lipinski definition) is 5. The summed E-state index contributed by atoms with van der Waals surface area (Å²) in [5.74, 6) is -0.783. The van der Waals surface area contributed by atoms with Gasteiger partial charge in [-0.3, -0.25) is 9.59 Å². The van der Waals surface area contributed by atoms with E-state index in [-0.39, 0.29) is 23.7 Å². The maximum Gasteiger partial charge on any atom is 0.237 e. The van der Waals surface area contributed by atoms with Crippen molar-refractivity contribution < 1.29 is 14.7 Å². The van der Waals surface area contributed by atoms with Crippen molar-refractivity contribution in [2.45, 2.75) is 70.8 Å². The van der Waals surface area contributed by atoms with Crippen LogP contribution in [0, 0.1) is 11.8 Å². The van der Waals surface area contributed by atoms with Crippen molar-refractivity contribution in [3.63, 3.8) is 0 Å². The summed E-state index contributed by atoms with van der Waals surface area (Å²) in [6.07, 6.45) is -0.307. The first-order valence-corrected chi connectivity index (χ1v) is 12.0. The van der Waals surface area contributed by atoms with E-state index in [1.807, 2.05) is 88.4 Å². The number of hydrogen-bond donors (Lipinski definition) is 5. The van der Waals surface area contributed by atoms with Crippen molar-refractivity contribution in [2.24, 2.45) is 23.3 Å². The molecule has 0 spiro atoms. The van der Waals surface area contributed by atoms with Crippen molar-refractivity contribution in [3.8, 4) is 0 Å². The molecule has 186 valence electrons. The van der Waals surface area contributed by atoms with Crippen LogP contribution in [-0.2, 0) is 22.4 Å². The Hall–Kier alpha value is -2.74. The van der Waals surface area contributed by atoms with Gasteiger partial charge in [0, 0.05) is 0 Å². The van der Waals surface area contributed by atoms with E-state index in [4.69, 9.17) is 11.5 Å². The molecule has 4 atom stereocenters. The molecule has 0 bridgehead atoms. The predicted octanol–water partition coefficient (Wildman–Crippen LogP) is 1.77. The van der Waals surface area contributed by atoms with Crippen molar-refractivity contribution in [1.29, 1.82) is 0 Å². The van der Waals surface area contributed by atoms with Gasteiger partial charge in [0.15, 0.2) is 0 Å². The Bertz CT molecular complexity index is 816. The zero-order chi connectivity index (χ0) is 25.3. The fourth-order valence-electron chi connectivity index (χ4n) is 3.69. The van der Waals surface area contributed by atoms with Gasteiger partial charge in [0.05, 0.1) is 30.3 Å². The number of amides is 2. The highest BCUT2D eigenvalue weighted by Crippen LogP contribution is 2.15. The van der Waals surface area contributed by atoms with Crippen LogP contribution in [0.15, 0.2) is 60.7 Å². The summed E-state index contributed by atoms with van der Waals surface area (Å²) in [4.78, 5) is 25.7. The molecule has 7 nitrogen and oxygen atoms in total. The second kappa shape index (κ2) is 13.2. The predicted molar refractivity (Wildman–Crippen MR) is 136 cm³/mol. The molecule has 2 rings (SSSR count). The van der Waals surface area contributed by atoms with Gasteiger partial charge in [-0.1, -0.05) is 88.4 Å². The van der Waals surface area contributed by atoms with Gasteiger partial charge in [0.25, 0.3) is 0 Å². The van der Waals surface area contributed by atoms with Gasteiger partial charge in [0.2, 0.25) is 11.8 Å². The van der Waals surface area contributed by atoms with Gasteiger partial charge < -0.3 is 27.2 Å². The molecule has 0 aliphatic carbocycles. The number of benzene rings is 2. The number of aliphatic hydroxyl groups excluding tert-OH is 1. The maximum absolute atomic E-state index is 12.8. The summed E-state index contributed by atoms with van der Waals surface area (Å²) in [5, 5.41) is 17.4. The molecule has 2 amide bonds. The van der Waals surface area contributed by atoms with Gasteiger partial charge in [-0.15, -0.1) is 0 Å². The largest absolute Gasteiger partial charge is 0.389 e. The maximum atomic E-state index is 12.8. The summed E-state index contributed by atoms with van der Waals surface area (Å²) >= 11 is 0. The molecular formula is C27H40N4O3. The third-order valence-corrected chi connectivity index (χ3v) is 6.12. The van der Waals surface area contributed by atoms with E-state index >= 15 is 0 Å². The van der Waals surface area contributed by atoms with Gasteiger partial charge in [0.1, 0.15) is 0 Å². The van der Waals surface area contributed by atoms with E-state index in [0.29, 0.717) is 12.8 Å². The highest BCUT2D eigenvalue weighted by atomic mass is 16.3. The highest BCUT2D eigenvalue weighted by Gasteiger charge is 2.33. The van der Waals surface area contributed by atoms with Crippen LogP contribution < -0.4 is 22.1 Å². The highest BCUT2D eigenvalue weighted by molar-refractivity contribution is 5.83. The van der Waals surface area contributed by atoms with Crippen molar-refractivity contribution in [2.75, 3.05) is 0 Å². The third kappa shape index (κ3) is 8.24. The minimum Gasteiger partial charge on any atom is -0.389 e. The van der Waals surface area contributed by atoms with Crippen LogP contribution in [0.1, 0.15) is 38.8 Å². The monoisotopic (exact) mass is 468 g/mol. The fourth-order valence-corrected chi connectivity index (χ4v) is 3.69. The van der Waals surface area contributed by atoms with E-state index in [2.05, 4.69) is 10.6 Å². The van der Waals surface area contributed by atoms with E-state index < -0.39 is 30.3 Å². The molecule has 2 unspecified atom stereocenters. The Morgan fingerprint density at radius 1 is 0.706 bits per heavy atom. The first-order valence-electron chi connectivity index (χ1n) is 12.0. The van der Waals surface area contributed by atoms with Crippen molar-refractivity contribution in [3.05, 3.63) is 71.8 Å². The normalized spacial score (nSPS) is 15.9. The first-order chi connectivity index (χ1) is 16.1. The Morgan fingerprint density at radius 2 is 1.03 bits per heavy atom. The molecule has 0 fully saturated rings. The second-order valence-corrected chi connectivity index (χ2v) is 9.64. The van der Waals surface area contributed by atoms with Gasteiger partial charge in [-0.25, -0.2) is 0 Å². The Labute approximate surface area is 203 Å². The molecular weight excluding hydrogens is 428 g/mol. The number of nitrogens with two attached hydrogens (primary N) is 2. The van der Waals surface area contributed by atoms with Crippen molar-refractivity contribution >= 4 is 11.8 Å². The summed E-state index contributed by atoms with van der Waals surface area (Å²) in [5.41, 5.74) is 14.1. The zero-order valence-corrected chi connectivity index (χ0v) is 20.6. The van der Waals surface area contributed by atoms with Crippen LogP contribution >= 0.6 is 0 Å². The lowest BCUT2D eigenvalue weighted by Gasteiger charge is -2.33. The summed E-state index contributed by atoms with van der Waals surface area (Å²) in [6.45, 7) is 7.49. The summed E-state index contributed by atoms with van der Waals surface area (Å²) < 4.78 is 0. The zero-order valence-electron chi connectivity index (χ0n) is 20.6. The molecule has 2 aromatic carbocycles. The molecule has 0 heterocycles. The minimum atomic E-state index is -1.08. The topological polar surface area (TPSA) is 130 Å². The average Bonchev–Trinajstić information content (AvgIpc) is 2.82. The molecule has 7 heteroatoms. The van der Waals surface area contributed by atoms with Crippen LogP contribution in [0.5, 0.6) is 0 Å². The van der Waals surface area contributed by atoms with Gasteiger partial charge in [-0.05, 0) is 35.8 Å². The number of aliphatic hydroxyl groups is 1. The molecule has 0 aliphatic heterocycles. The molecule has 0 saturated heterocycles. The van der Waals surface area contributed by atoms with Gasteiger partial charge >= 0.3 is 0 Å². The third-order valence-electron chi connectivity index (χ3n) is 6.12. The first kappa shape index (κ1) is 27.5. The smallest absolute Gasteiger partial charge is 0.237 e.